The van der Waals surface area contributed by atoms with Crippen LogP contribution >= 0.6 is 0 Å². The van der Waals surface area contributed by atoms with E-state index in [2.05, 4.69) is 20.0 Å². The number of hydrogen-bond donors (Lipinski definition) is 1. The van der Waals surface area contributed by atoms with Gasteiger partial charge >= 0.3 is 0 Å². The molecule has 9 heteroatoms. The van der Waals surface area contributed by atoms with Crippen LogP contribution in [0.4, 0.5) is 5.69 Å². The molecule has 1 atom stereocenters. The number of benzene rings is 1. The Balaban J connectivity index is 1.24. The van der Waals surface area contributed by atoms with Gasteiger partial charge in [-0.15, -0.1) is 0 Å². The van der Waals surface area contributed by atoms with Gasteiger partial charge in [-0.3, -0.25) is 9.59 Å². The Hall–Kier alpha value is -4.14. The molecule has 2 amide bonds. The van der Waals surface area contributed by atoms with Crippen molar-refractivity contribution in [3.8, 4) is 5.69 Å². The Kier molecular flexibility index (Phi) is 6.24. The number of anilines is 1. The second kappa shape index (κ2) is 9.78. The number of carbonyl (C=O) groups excluding carboxylic acids is 2. The highest BCUT2D eigenvalue weighted by Crippen LogP contribution is 2.23. The molecule has 1 aromatic carbocycles. The maximum Gasteiger partial charge on any atom is 0.259 e. The maximum absolute atomic E-state index is 13.3. The molecule has 0 saturated carbocycles. The van der Waals surface area contributed by atoms with Crippen molar-refractivity contribution in [2.75, 3.05) is 11.9 Å². The van der Waals surface area contributed by atoms with E-state index in [9.17, 15) is 9.59 Å². The molecule has 0 aliphatic carbocycles. The standard InChI is InChI=1S/C25H26N6O3/c32-24(20-9-14-34-17-20)28-21-15-27-31(16-21)23-6-4-19(5-7-23)25(33)30-11-2-1-3-22(30)8-12-29-13-10-26-18-29/h4-7,9-10,13-18,22H,1-3,8,11-12H2,(H,28,32)/t22-/m1/s1. The van der Waals surface area contributed by atoms with Gasteiger partial charge in [0.2, 0.25) is 0 Å². The normalized spacial score (nSPS) is 15.9. The Labute approximate surface area is 197 Å². The van der Waals surface area contributed by atoms with E-state index in [1.807, 2.05) is 41.7 Å². The van der Waals surface area contributed by atoms with Crippen LogP contribution in [0.2, 0.25) is 0 Å². The van der Waals surface area contributed by atoms with E-state index in [-0.39, 0.29) is 17.9 Å². The minimum Gasteiger partial charge on any atom is -0.472 e. The van der Waals surface area contributed by atoms with Gasteiger partial charge in [-0.1, -0.05) is 0 Å². The smallest absolute Gasteiger partial charge is 0.259 e. The Morgan fingerprint density at radius 1 is 1.12 bits per heavy atom. The van der Waals surface area contributed by atoms with E-state index in [1.54, 1.807) is 29.3 Å². The summed E-state index contributed by atoms with van der Waals surface area (Å²) < 4.78 is 8.66. The molecule has 34 heavy (non-hydrogen) atoms. The van der Waals surface area contributed by atoms with E-state index in [0.29, 0.717) is 16.8 Å². The first-order valence-corrected chi connectivity index (χ1v) is 11.4. The molecule has 4 heterocycles. The topological polar surface area (TPSA) is 98.2 Å². The van der Waals surface area contributed by atoms with Crippen molar-refractivity contribution in [2.24, 2.45) is 0 Å². The van der Waals surface area contributed by atoms with E-state index < -0.39 is 0 Å². The SMILES string of the molecule is O=C(Nc1cnn(-c2ccc(C(=O)N3CCCC[C@@H]3CCn3ccnc3)cc2)c1)c1ccoc1. The van der Waals surface area contributed by atoms with Gasteiger partial charge in [0.05, 0.1) is 41.9 Å². The predicted molar refractivity (Wildman–Crippen MR) is 126 cm³/mol. The van der Waals surface area contributed by atoms with Gasteiger partial charge in [0, 0.05) is 37.1 Å². The average Bonchev–Trinajstić information content (AvgIpc) is 3.66. The summed E-state index contributed by atoms with van der Waals surface area (Å²) in [4.78, 5) is 31.6. The molecule has 0 unspecified atom stereocenters. The lowest BCUT2D eigenvalue weighted by Gasteiger charge is -2.36. The fourth-order valence-electron chi connectivity index (χ4n) is 4.33. The number of nitrogens with zero attached hydrogens (tertiary/aromatic N) is 5. The first kappa shape index (κ1) is 21.7. The van der Waals surface area contributed by atoms with Crippen molar-refractivity contribution in [2.45, 2.75) is 38.3 Å². The second-order valence-electron chi connectivity index (χ2n) is 8.42. The third-order valence-electron chi connectivity index (χ3n) is 6.17. The summed E-state index contributed by atoms with van der Waals surface area (Å²) in [6.45, 7) is 1.64. The van der Waals surface area contributed by atoms with Gasteiger partial charge in [0.25, 0.3) is 11.8 Å². The number of rotatable bonds is 7. The first-order chi connectivity index (χ1) is 16.7. The van der Waals surface area contributed by atoms with Crippen LogP contribution in [0.3, 0.4) is 0 Å². The van der Waals surface area contributed by atoms with Crippen molar-refractivity contribution < 1.29 is 14.0 Å². The molecule has 1 aliphatic rings. The largest absolute Gasteiger partial charge is 0.472 e. The molecule has 1 N–H and O–H groups in total. The molecule has 1 saturated heterocycles. The van der Waals surface area contributed by atoms with Crippen molar-refractivity contribution in [3.05, 3.63) is 85.1 Å². The lowest BCUT2D eigenvalue weighted by molar-refractivity contribution is 0.0595. The number of amides is 2. The van der Waals surface area contributed by atoms with Crippen molar-refractivity contribution in [1.82, 2.24) is 24.2 Å². The number of likely N-dealkylation sites (tertiary alicyclic amines) is 1. The van der Waals surface area contributed by atoms with Crippen molar-refractivity contribution in [1.29, 1.82) is 0 Å². The number of nitrogens with one attached hydrogen (secondary N) is 1. The van der Waals surface area contributed by atoms with Gasteiger partial charge in [0.1, 0.15) is 6.26 Å². The van der Waals surface area contributed by atoms with E-state index in [1.165, 1.54) is 12.5 Å². The van der Waals surface area contributed by atoms with Crippen LogP contribution in [0.5, 0.6) is 0 Å². The van der Waals surface area contributed by atoms with Crippen LogP contribution < -0.4 is 5.32 Å². The number of aryl methyl sites for hydroxylation is 1. The second-order valence-corrected chi connectivity index (χ2v) is 8.42. The lowest BCUT2D eigenvalue weighted by atomic mass is 9.98. The van der Waals surface area contributed by atoms with Crippen LogP contribution in [-0.2, 0) is 6.54 Å². The van der Waals surface area contributed by atoms with Gasteiger partial charge in [-0.05, 0) is 56.0 Å². The number of imidazole rings is 1. The fourth-order valence-corrected chi connectivity index (χ4v) is 4.33. The molecule has 9 nitrogen and oxygen atoms in total. The minimum atomic E-state index is -0.265. The molecule has 3 aromatic heterocycles. The summed E-state index contributed by atoms with van der Waals surface area (Å²) in [7, 11) is 0. The summed E-state index contributed by atoms with van der Waals surface area (Å²) in [5.74, 6) is -0.200. The van der Waals surface area contributed by atoms with Gasteiger partial charge in [-0.2, -0.15) is 5.10 Å². The fraction of sp³-hybridized carbons (Fsp3) is 0.280. The zero-order chi connectivity index (χ0) is 23.3. The number of piperidine rings is 1. The third-order valence-corrected chi connectivity index (χ3v) is 6.17. The molecular weight excluding hydrogens is 432 g/mol. The van der Waals surface area contributed by atoms with Crippen LogP contribution in [0.25, 0.3) is 5.69 Å². The summed E-state index contributed by atoms with van der Waals surface area (Å²) >= 11 is 0. The first-order valence-electron chi connectivity index (χ1n) is 11.4. The zero-order valence-corrected chi connectivity index (χ0v) is 18.7. The number of furan rings is 1. The zero-order valence-electron chi connectivity index (χ0n) is 18.7. The summed E-state index contributed by atoms with van der Waals surface area (Å²) in [6, 6.07) is 9.24. The lowest BCUT2D eigenvalue weighted by Crippen LogP contribution is -2.44. The molecule has 1 aliphatic heterocycles. The molecule has 0 radical (unpaired) electrons. The summed E-state index contributed by atoms with van der Waals surface area (Å²) in [6.07, 6.45) is 15.8. The monoisotopic (exact) mass is 458 g/mol. The number of carbonyl (C=O) groups is 2. The average molecular weight is 459 g/mol. The molecule has 174 valence electrons. The third kappa shape index (κ3) is 4.78. The minimum absolute atomic E-state index is 0.0652. The van der Waals surface area contributed by atoms with E-state index in [4.69, 9.17) is 4.42 Å². The van der Waals surface area contributed by atoms with Crippen LogP contribution in [0, 0.1) is 0 Å². The highest BCUT2D eigenvalue weighted by Gasteiger charge is 2.27. The molecule has 4 aromatic rings. The summed E-state index contributed by atoms with van der Waals surface area (Å²) in [5, 5.41) is 7.11. The predicted octanol–water partition coefficient (Wildman–Crippen LogP) is 4.00. The quantitative estimate of drug-likeness (QED) is 0.451. The van der Waals surface area contributed by atoms with Crippen LogP contribution in [0.15, 0.2) is 78.4 Å². The van der Waals surface area contributed by atoms with E-state index in [0.717, 1.165) is 44.5 Å². The Morgan fingerprint density at radius 2 is 2.00 bits per heavy atom. The van der Waals surface area contributed by atoms with Gasteiger partial charge < -0.3 is 19.2 Å². The molecular formula is C25H26N6O3. The highest BCUT2D eigenvalue weighted by atomic mass is 16.3. The van der Waals surface area contributed by atoms with Crippen LogP contribution in [0.1, 0.15) is 46.4 Å². The Morgan fingerprint density at radius 3 is 2.76 bits per heavy atom. The summed E-state index contributed by atoms with van der Waals surface area (Å²) in [5.41, 5.74) is 2.48. The van der Waals surface area contributed by atoms with Crippen LogP contribution in [-0.4, -0.2) is 48.6 Å². The number of hydrogen-bond acceptors (Lipinski definition) is 5. The van der Waals surface area contributed by atoms with Crippen molar-refractivity contribution >= 4 is 17.5 Å². The van der Waals surface area contributed by atoms with E-state index >= 15 is 0 Å². The van der Waals surface area contributed by atoms with Gasteiger partial charge in [0.15, 0.2) is 0 Å². The Bertz CT molecular complexity index is 1230. The van der Waals surface area contributed by atoms with Crippen molar-refractivity contribution in [3.63, 3.8) is 0 Å². The molecule has 5 rings (SSSR count). The highest BCUT2D eigenvalue weighted by molar-refractivity contribution is 6.03. The molecule has 0 spiro atoms. The number of aromatic nitrogens is 4. The molecule has 1 fully saturated rings. The van der Waals surface area contributed by atoms with Gasteiger partial charge in [-0.25, -0.2) is 9.67 Å². The maximum atomic E-state index is 13.3. The molecule has 0 bridgehead atoms.